The lowest BCUT2D eigenvalue weighted by Crippen LogP contribution is -2.28. The highest BCUT2D eigenvalue weighted by atomic mass is 16.6. The van der Waals surface area contributed by atoms with Crippen LogP contribution in [-0.4, -0.2) is 36.4 Å². The standard InChI is InChI=1S/C51H88O5/c1-3-5-7-9-11-13-14-15-16-17-18-19-20-21-22-23-24-25-26-27-28-29-30-31-32-33-34-35-36-38-40-42-44-46-51(54)56-49(47-52)48-55-50(53)45-43-41-39-37-12-10-8-6-4-2/h5,7,11,13,15-16,18-19,21-22,24-25,49,52H,3-4,6,8-10,12,14,17,20,23,26-48H2,1-2H3/b7-5-,13-11-,16-15-,19-18-,22-21-,25-24-. The first-order valence-corrected chi connectivity index (χ1v) is 23.5. The Balaban J connectivity index is 3.48. The minimum atomic E-state index is -0.770. The van der Waals surface area contributed by atoms with E-state index in [1.807, 2.05) is 0 Å². The van der Waals surface area contributed by atoms with Crippen LogP contribution in [0.4, 0.5) is 0 Å². The first-order valence-electron chi connectivity index (χ1n) is 23.5. The Morgan fingerprint density at radius 2 is 0.768 bits per heavy atom. The molecule has 1 atom stereocenters. The van der Waals surface area contributed by atoms with Crippen LogP contribution >= 0.6 is 0 Å². The largest absolute Gasteiger partial charge is 0.462 e. The molecule has 322 valence electrons. The molecule has 56 heavy (non-hydrogen) atoms. The van der Waals surface area contributed by atoms with E-state index in [-0.39, 0.29) is 25.2 Å². The van der Waals surface area contributed by atoms with Crippen molar-refractivity contribution in [1.82, 2.24) is 0 Å². The van der Waals surface area contributed by atoms with Gasteiger partial charge in [-0.25, -0.2) is 0 Å². The topological polar surface area (TPSA) is 72.8 Å². The number of hydrogen-bond donors (Lipinski definition) is 1. The van der Waals surface area contributed by atoms with Crippen molar-refractivity contribution in [3.05, 3.63) is 72.9 Å². The molecule has 0 saturated carbocycles. The van der Waals surface area contributed by atoms with Crippen molar-refractivity contribution < 1.29 is 24.2 Å². The summed E-state index contributed by atoms with van der Waals surface area (Å²) >= 11 is 0. The van der Waals surface area contributed by atoms with Crippen molar-refractivity contribution in [2.75, 3.05) is 13.2 Å². The summed E-state index contributed by atoms with van der Waals surface area (Å²) in [5.74, 6) is -0.592. The smallest absolute Gasteiger partial charge is 0.306 e. The molecule has 5 nitrogen and oxygen atoms in total. The zero-order chi connectivity index (χ0) is 40.7. The summed E-state index contributed by atoms with van der Waals surface area (Å²) in [7, 11) is 0. The predicted octanol–water partition coefficient (Wildman–Crippen LogP) is 15.3. The first kappa shape index (κ1) is 53.3. The molecule has 0 aliphatic heterocycles. The van der Waals surface area contributed by atoms with Crippen molar-refractivity contribution in [2.45, 2.75) is 225 Å². The van der Waals surface area contributed by atoms with E-state index in [0.717, 1.165) is 77.0 Å². The Labute approximate surface area is 346 Å². The zero-order valence-electron chi connectivity index (χ0n) is 36.6. The molecule has 0 aliphatic carbocycles. The minimum Gasteiger partial charge on any atom is -0.462 e. The minimum absolute atomic E-state index is 0.0652. The molecule has 0 aromatic rings. The average molecular weight is 781 g/mol. The second-order valence-corrected chi connectivity index (χ2v) is 15.5. The molecule has 0 heterocycles. The van der Waals surface area contributed by atoms with Gasteiger partial charge in [0.15, 0.2) is 6.10 Å². The quantitative estimate of drug-likeness (QED) is 0.0379. The molecule has 0 amide bonds. The van der Waals surface area contributed by atoms with Gasteiger partial charge in [-0.15, -0.1) is 0 Å². The number of aliphatic hydroxyl groups excluding tert-OH is 1. The lowest BCUT2D eigenvalue weighted by molar-refractivity contribution is -0.161. The van der Waals surface area contributed by atoms with Crippen LogP contribution in [0, 0.1) is 0 Å². The van der Waals surface area contributed by atoms with Crippen molar-refractivity contribution in [3.8, 4) is 0 Å². The molecule has 5 heteroatoms. The maximum absolute atomic E-state index is 12.2. The normalized spacial score (nSPS) is 12.8. The highest BCUT2D eigenvalue weighted by molar-refractivity contribution is 5.70. The van der Waals surface area contributed by atoms with Crippen LogP contribution in [0.3, 0.4) is 0 Å². The Morgan fingerprint density at radius 3 is 1.16 bits per heavy atom. The molecule has 0 saturated heterocycles. The number of ether oxygens (including phenoxy) is 2. The van der Waals surface area contributed by atoms with Gasteiger partial charge in [-0.2, -0.15) is 0 Å². The van der Waals surface area contributed by atoms with Gasteiger partial charge in [0.05, 0.1) is 6.61 Å². The molecule has 0 radical (unpaired) electrons. The second kappa shape index (κ2) is 46.7. The van der Waals surface area contributed by atoms with E-state index >= 15 is 0 Å². The number of unbranched alkanes of at least 4 members (excludes halogenated alkanes) is 22. The molecular weight excluding hydrogens is 693 g/mol. The SMILES string of the molecule is CC/C=C\C/C=C\C/C=C\C/C=C\C/C=C\C/C=C\CCCCCCCCCCCCCCCCC(=O)OC(CO)COC(=O)CCCCCCCCCCC. The predicted molar refractivity (Wildman–Crippen MR) is 242 cm³/mol. The number of aliphatic hydroxyl groups is 1. The summed E-state index contributed by atoms with van der Waals surface area (Å²) in [6.45, 7) is 4.00. The fourth-order valence-corrected chi connectivity index (χ4v) is 6.50. The summed E-state index contributed by atoms with van der Waals surface area (Å²) in [4.78, 5) is 24.2. The highest BCUT2D eigenvalue weighted by Gasteiger charge is 2.16. The lowest BCUT2D eigenvalue weighted by Gasteiger charge is -2.15. The average Bonchev–Trinajstić information content (AvgIpc) is 3.20. The number of esters is 2. The van der Waals surface area contributed by atoms with E-state index in [0.29, 0.717) is 12.8 Å². The highest BCUT2D eigenvalue weighted by Crippen LogP contribution is 2.15. The number of rotatable bonds is 42. The molecule has 0 aromatic heterocycles. The summed E-state index contributed by atoms with van der Waals surface area (Å²) < 4.78 is 10.6. The van der Waals surface area contributed by atoms with Gasteiger partial charge >= 0.3 is 11.9 Å². The van der Waals surface area contributed by atoms with Gasteiger partial charge < -0.3 is 14.6 Å². The van der Waals surface area contributed by atoms with Gasteiger partial charge in [0.1, 0.15) is 6.61 Å². The summed E-state index contributed by atoms with van der Waals surface area (Å²) in [5, 5.41) is 9.56. The monoisotopic (exact) mass is 781 g/mol. The van der Waals surface area contributed by atoms with E-state index < -0.39 is 6.10 Å². The first-order chi connectivity index (χ1) is 27.6. The summed E-state index contributed by atoms with van der Waals surface area (Å²) in [6.07, 6.45) is 62.9. The summed E-state index contributed by atoms with van der Waals surface area (Å²) in [5.41, 5.74) is 0. The van der Waals surface area contributed by atoms with Crippen LogP contribution in [0.1, 0.15) is 219 Å². The van der Waals surface area contributed by atoms with Crippen LogP contribution in [0.25, 0.3) is 0 Å². The maximum atomic E-state index is 12.2. The molecule has 0 bridgehead atoms. The molecule has 0 aromatic carbocycles. The van der Waals surface area contributed by atoms with Crippen molar-refractivity contribution in [2.24, 2.45) is 0 Å². The van der Waals surface area contributed by atoms with Gasteiger partial charge in [0.25, 0.3) is 0 Å². The zero-order valence-corrected chi connectivity index (χ0v) is 36.6. The number of hydrogen-bond acceptors (Lipinski definition) is 5. The lowest BCUT2D eigenvalue weighted by atomic mass is 10.0. The second-order valence-electron chi connectivity index (χ2n) is 15.5. The number of carbonyl (C=O) groups is 2. The van der Waals surface area contributed by atoms with Crippen molar-refractivity contribution >= 4 is 11.9 Å². The van der Waals surface area contributed by atoms with Crippen LogP contribution in [0.5, 0.6) is 0 Å². The third-order valence-corrected chi connectivity index (χ3v) is 10.0. The molecule has 1 unspecified atom stereocenters. The fourth-order valence-electron chi connectivity index (χ4n) is 6.50. The van der Waals surface area contributed by atoms with E-state index in [1.54, 1.807) is 0 Å². The van der Waals surface area contributed by atoms with Crippen molar-refractivity contribution in [1.29, 1.82) is 0 Å². The van der Waals surface area contributed by atoms with Crippen LogP contribution in [0.15, 0.2) is 72.9 Å². The van der Waals surface area contributed by atoms with Crippen LogP contribution < -0.4 is 0 Å². The van der Waals surface area contributed by atoms with E-state index in [2.05, 4.69) is 86.8 Å². The molecule has 0 aliphatic rings. The van der Waals surface area contributed by atoms with E-state index in [1.165, 1.54) is 116 Å². The van der Waals surface area contributed by atoms with Crippen LogP contribution in [-0.2, 0) is 19.1 Å². The molecule has 0 spiro atoms. The van der Waals surface area contributed by atoms with Gasteiger partial charge in [0.2, 0.25) is 0 Å². The molecule has 0 fully saturated rings. The van der Waals surface area contributed by atoms with Crippen molar-refractivity contribution in [3.63, 3.8) is 0 Å². The third-order valence-electron chi connectivity index (χ3n) is 10.0. The maximum Gasteiger partial charge on any atom is 0.306 e. The Hall–Kier alpha value is -2.66. The summed E-state index contributed by atoms with van der Waals surface area (Å²) in [6, 6.07) is 0. The number of carbonyl (C=O) groups excluding carboxylic acids is 2. The molecular formula is C51H88O5. The number of allylic oxidation sites excluding steroid dienone is 12. The van der Waals surface area contributed by atoms with E-state index in [4.69, 9.17) is 9.47 Å². The van der Waals surface area contributed by atoms with E-state index in [9.17, 15) is 14.7 Å². The van der Waals surface area contributed by atoms with Crippen LogP contribution in [0.2, 0.25) is 0 Å². The van der Waals surface area contributed by atoms with Gasteiger partial charge in [-0.05, 0) is 64.2 Å². The van der Waals surface area contributed by atoms with Gasteiger partial charge in [-0.3, -0.25) is 9.59 Å². The molecule has 0 rings (SSSR count). The van der Waals surface area contributed by atoms with Gasteiger partial charge in [0, 0.05) is 12.8 Å². The Bertz CT molecular complexity index is 1020. The molecule has 1 N–H and O–H groups in total. The fraction of sp³-hybridized carbons (Fsp3) is 0.725. The van der Waals surface area contributed by atoms with Gasteiger partial charge in [-0.1, -0.05) is 215 Å². The third kappa shape index (κ3) is 44.1. The Morgan fingerprint density at radius 1 is 0.429 bits per heavy atom. The Kier molecular flexibility index (Phi) is 44.5.